The number of hydrogen-bond donors (Lipinski definition) is 1. The number of rotatable bonds is 5. The molecule has 0 radical (unpaired) electrons. The van der Waals surface area contributed by atoms with Crippen LogP contribution >= 0.6 is 11.6 Å². The Hall–Kier alpha value is -1.60. The number of nitrogens with zero attached hydrogens (tertiary/aromatic N) is 5. The molecule has 0 spiro atoms. The molecule has 0 atom stereocenters. The zero-order chi connectivity index (χ0) is 16.1. The predicted octanol–water partition coefficient (Wildman–Crippen LogP) is 0.703. The standard InChI is InChI=1S/C14H23ClN6O/c1-3-20(4-2)13(22)10-19-5-7-21(8-6-19)12-9-11(15)17-14(16)18-12/h9H,3-8,10H2,1-2H3,(H2,16,17,18). The van der Waals surface area contributed by atoms with Gasteiger partial charge in [-0.15, -0.1) is 0 Å². The highest BCUT2D eigenvalue weighted by Gasteiger charge is 2.22. The largest absolute Gasteiger partial charge is 0.368 e. The fraction of sp³-hybridized carbons (Fsp3) is 0.643. The SMILES string of the molecule is CCN(CC)C(=O)CN1CCN(c2cc(Cl)nc(N)n2)CC1. The van der Waals surface area contributed by atoms with Crippen LogP contribution in [-0.4, -0.2) is 71.5 Å². The summed E-state index contributed by atoms with van der Waals surface area (Å²) in [5.74, 6) is 1.11. The summed E-state index contributed by atoms with van der Waals surface area (Å²) < 4.78 is 0. The Morgan fingerprint density at radius 1 is 1.27 bits per heavy atom. The van der Waals surface area contributed by atoms with Gasteiger partial charge in [-0.3, -0.25) is 9.69 Å². The number of hydrogen-bond acceptors (Lipinski definition) is 6. The fourth-order valence-corrected chi connectivity index (χ4v) is 2.77. The minimum atomic E-state index is 0.182. The van der Waals surface area contributed by atoms with Gasteiger partial charge in [-0.05, 0) is 13.8 Å². The van der Waals surface area contributed by atoms with Gasteiger partial charge in [0.05, 0.1) is 6.54 Å². The second kappa shape index (κ2) is 7.60. The number of carbonyl (C=O) groups excluding carboxylic acids is 1. The molecule has 22 heavy (non-hydrogen) atoms. The van der Waals surface area contributed by atoms with Crippen LogP contribution in [0.5, 0.6) is 0 Å². The van der Waals surface area contributed by atoms with Crippen LogP contribution in [0.25, 0.3) is 0 Å². The van der Waals surface area contributed by atoms with Crippen molar-refractivity contribution < 1.29 is 4.79 Å². The molecule has 1 fully saturated rings. The van der Waals surface area contributed by atoms with Gasteiger partial charge in [0.15, 0.2) is 0 Å². The molecule has 0 unspecified atom stereocenters. The Morgan fingerprint density at radius 3 is 2.45 bits per heavy atom. The van der Waals surface area contributed by atoms with Gasteiger partial charge < -0.3 is 15.5 Å². The molecule has 8 heteroatoms. The van der Waals surface area contributed by atoms with Crippen LogP contribution in [-0.2, 0) is 4.79 Å². The van der Waals surface area contributed by atoms with E-state index in [0.29, 0.717) is 11.7 Å². The van der Waals surface area contributed by atoms with Crippen LogP contribution in [0, 0.1) is 0 Å². The predicted molar refractivity (Wildman–Crippen MR) is 88.0 cm³/mol. The molecule has 122 valence electrons. The van der Waals surface area contributed by atoms with E-state index in [-0.39, 0.29) is 11.9 Å². The van der Waals surface area contributed by atoms with Crippen LogP contribution in [0.1, 0.15) is 13.8 Å². The number of nitrogen functional groups attached to an aromatic ring is 1. The molecule has 1 aliphatic rings. The van der Waals surface area contributed by atoms with Crippen molar-refractivity contribution >= 4 is 29.3 Å². The zero-order valence-electron chi connectivity index (χ0n) is 13.1. The average molecular weight is 327 g/mol. The number of piperazine rings is 1. The molecule has 0 aliphatic carbocycles. The minimum absolute atomic E-state index is 0.182. The fourth-order valence-electron chi connectivity index (χ4n) is 2.59. The number of anilines is 2. The average Bonchev–Trinajstić information content (AvgIpc) is 2.48. The molecule has 2 N–H and O–H groups in total. The topological polar surface area (TPSA) is 78.6 Å². The third kappa shape index (κ3) is 4.20. The third-order valence-electron chi connectivity index (χ3n) is 3.87. The van der Waals surface area contributed by atoms with Gasteiger partial charge in [0.1, 0.15) is 11.0 Å². The molecule has 7 nitrogen and oxygen atoms in total. The summed E-state index contributed by atoms with van der Waals surface area (Å²) in [6.07, 6.45) is 0. The van der Waals surface area contributed by atoms with Crippen LogP contribution in [0.4, 0.5) is 11.8 Å². The lowest BCUT2D eigenvalue weighted by atomic mass is 10.3. The highest BCUT2D eigenvalue weighted by molar-refractivity contribution is 6.29. The van der Waals surface area contributed by atoms with Gasteiger partial charge >= 0.3 is 0 Å². The quantitative estimate of drug-likeness (QED) is 0.803. The first-order valence-electron chi connectivity index (χ1n) is 7.58. The van der Waals surface area contributed by atoms with Gasteiger partial charge in [0, 0.05) is 45.3 Å². The van der Waals surface area contributed by atoms with Gasteiger partial charge in [-0.25, -0.2) is 4.98 Å². The summed E-state index contributed by atoms with van der Waals surface area (Å²) in [5, 5.41) is 0.349. The first kappa shape index (κ1) is 16.8. The van der Waals surface area contributed by atoms with E-state index >= 15 is 0 Å². The minimum Gasteiger partial charge on any atom is -0.368 e. The van der Waals surface area contributed by atoms with E-state index in [0.717, 1.165) is 45.1 Å². The number of halogens is 1. The Kier molecular flexibility index (Phi) is 5.79. The Bertz CT molecular complexity index is 494. The first-order chi connectivity index (χ1) is 10.5. The van der Waals surface area contributed by atoms with Gasteiger partial charge in [-0.2, -0.15) is 4.98 Å². The maximum absolute atomic E-state index is 12.1. The lowest BCUT2D eigenvalue weighted by Crippen LogP contribution is -2.50. The smallest absolute Gasteiger partial charge is 0.236 e. The molecule has 0 bridgehead atoms. The molecule has 1 saturated heterocycles. The molecule has 1 amide bonds. The number of likely N-dealkylation sites (N-methyl/N-ethyl adjacent to an activating group) is 1. The molecule has 1 aromatic heterocycles. The molecule has 2 heterocycles. The van der Waals surface area contributed by atoms with Crippen molar-refractivity contribution in [3.05, 3.63) is 11.2 Å². The maximum atomic E-state index is 12.1. The van der Waals surface area contributed by atoms with Crippen molar-refractivity contribution in [1.82, 2.24) is 19.8 Å². The van der Waals surface area contributed by atoms with Gasteiger partial charge in [0.25, 0.3) is 0 Å². The molecule has 1 aliphatic heterocycles. The van der Waals surface area contributed by atoms with Gasteiger partial charge in [0.2, 0.25) is 11.9 Å². The van der Waals surface area contributed by atoms with E-state index in [9.17, 15) is 4.79 Å². The monoisotopic (exact) mass is 326 g/mol. The summed E-state index contributed by atoms with van der Waals surface area (Å²) in [7, 11) is 0. The highest BCUT2D eigenvalue weighted by Crippen LogP contribution is 2.18. The molecule has 0 aromatic carbocycles. The van der Waals surface area contributed by atoms with E-state index < -0.39 is 0 Å². The Labute approximate surface area is 136 Å². The van der Waals surface area contributed by atoms with Crippen molar-refractivity contribution in [2.45, 2.75) is 13.8 Å². The molecule has 2 rings (SSSR count). The van der Waals surface area contributed by atoms with E-state index in [1.54, 1.807) is 6.07 Å². The second-order valence-corrected chi connectivity index (χ2v) is 5.62. The number of aromatic nitrogens is 2. The van der Waals surface area contributed by atoms with E-state index in [2.05, 4.69) is 19.8 Å². The summed E-state index contributed by atoms with van der Waals surface area (Å²) in [6, 6.07) is 1.72. The lowest BCUT2D eigenvalue weighted by Gasteiger charge is -2.35. The van der Waals surface area contributed by atoms with E-state index in [1.165, 1.54) is 0 Å². The van der Waals surface area contributed by atoms with Crippen LogP contribution in [0.15, 0.2) is 6.07 Å². The first-order valence-corrected chi connectivity index (χ1v) is 7.96. The number of carbonyl (C=O) groups is 1. The van der Waals surface area contributed by atoms with Crippen molar-refractivity contribution in [3.8, 4) is 0 Å². The normalized spacial score (nSPS) is 15.9. The highest BCUT2D eigenvalue weighted by atomic mass is 35.5. The molecular formula is C14H23ClN6O. The van der Waals surface area contributed by atoms with Gasteiger partial charge in [-0.1, -0.05) is 11.6 Å². The summed E-state index contributed by atoms with van der Waals surface area (Å²) in [6.45, 7) is 9.20. The molecule has 1 aromatic rings. The van der Waals surface area contributed by atoms with E-state index in [4.69, 9.17) is 17.3 Å². The van der Waals surface area contributed by atoms with Crippen LogP contribution in [0.3, 0.4) is 0 Å². The van der Waals surface area contributed by atoms with Crippen LogP contribution in [0.2, 0.25) is 5.15 Å². The summed E-state index contributed by atoms with van der Waals surface area (Å²) >= 11 is 5.92. The van der Waals surface area contributed by atoms with E-state index in [1.807, 2.05) is 18.7 Å². The molecular weight excluding hydrogens is 304 g/mol. The summed E-state index contributed by atoms with van der Waals surface area (Å²) in [4.78, 5) is 26.4. The maximum Gasteiger partial charge on any atom is 0.236 e. The Morgan fingerprint density at radius 2 is 1.91 bits per heavy atom. The van der Waals surface area contributed by atoms with Crippen molar-refractivity contribution in [3.63, 3.8) is 0 Å². The van der Waals surface area contributed by atoms with Crippen molar-refractivity contribution in [2.75, 3.05) is 56.4 Å². The zero-order valence-corrected chi connectivity index (χ0v) is 13.9. The van der Waals surface area contributed by atoms with Crippen molar-refractivity contribution in [2.24, 2.45) is 0 Å². The lowest BCUT2D eigenvalue weighted by molar-refractivity contribution is -0.132. The third-order valence-corrected chi connectivity index (χ3v) is 4.06. The summed E-state index contributed by atoms with van der Waals surface area (Å²) in [5.41, 5.74) is 5.63. The Balaban J connectivity index is 1.89. The molecule has 0 saturated carbocycles. The number of amides is 1. The second-order valence-electron chi connectivity index (χ2n) is 5.24. The van der Waals surface area contributed by atoms with Crippen molar-refractivity contribution in [1.29, 1.82) is 0 Å². The number of nitrogens with two attached hydrogens (primary N) is 1. The van der Waals surface area contributed by atoms with Crippen LogP contribution < -0.4 is 10.6 Å².